The van der Waals surface area contributed by atoms with Crippen molar-refractivity contribution in [1.82, 2.24) is 19.3 Å². The Morgan fingerprint density at radius 1 is 1.21 bits per heavy atom. The van der Waals surface area contributed by atoms with Crippen molar-refractivity contribution in [2.24, 2.45) is 0 Å². The standard InChI is InChI=1S/C23H22ClN5O3S/c1-3-28-13-19-21(27-28)22(31)29(12-15-7-9-16(24)10-8-15)23(26-19)33-14-20(30)25-17-5-4-6-18(11-17)32-2/h4-11,13H,3,12,14H2,1-2H3,(H,25,30). The van der Waals surface area contributed by atoms with Gasteiger partial charge in [-0.3, -0.25) is 18.8 Å². The zero-order valence-corrected chi connectivity index (χ0v) is 19.7. The van der Waals surface area contributed by atoms with Crippen LogP contribution in [0, 0.1) is 0 Å². The van der Waals surface area contributed by atoms with Crippen molar-refractivity contribution in [2.45, 2.75) is 25.2 Å². The number of aryl methyl sites for hydroxylation is 1. The molecule has 0 atom stereocenters. The molecule has 1 amide bonds. The van der Waals surface area contributed by atoms with E-state index in [0.717, 1.165) is 5.56 Å². The van der Waals surface area contributed by atoms with Crippen LogP contribution in [0.5, 0.6) is 5.75 Å². The number of amides is 1. The third-order valence-electron chi connectivity index (χ3n) is 4.90. The molecule has 2 aromatic heterocycles. The number of nitrogens with one attached hydrogen (secondary N) is 1. The van der Waals surface area contributed by atoms with Gasteiger partial charge < -0.3 is 10.1 Å². The van der Waals surface area contributed by atoms with Crippen LogP contribution in [0.25, 0.3) is 11.0 Å². The van der Waals surface area contributed by atoms with Gasteiger partial charge in [-0.05, 0) is 36.8 Å². The van der Waals surface area contributed by atoms with Gasteiger partial charge in [-0.2, -0.15) is 5.10 Å². The topological polar surface area (TPSA) is 91.0 Å². The molecule has 8 nitrogen and oxygen atoms in total. The van der Waals surface area contributed by atoms with E-state index in [4.69, 9.17) is 16.3 Å². The fraction of sp³-hybridized carbons (Fsp3) is 0.217. The molecule has 10 heteroatoms. The Hall–Kier alpha value is -3.30. The number of nitrogens with zero attached hydrogens (tertiary/aromatic N) is 4. The van der Waals surface area contributed by atoms with Crippen LogP contribution in [-0.2, 0) is 17.9 Å². The monoisotopic (exact) mass is 483 g/mol. The molecule has 1 N–H and O–H groups in total. The number of methoxy groups -OCH3 is 1. The second-order valence-corrected chi connectivity index (χ2v) is 8.58. The lowest BCUT2D eigenvalue weighted by Crippen LogP contribution is -2.25. The number of aromatic nitrogens is 4. The van der Waals surface area contributed by atoms with Crippen LogP contribution in [0.15, 0.2) is 64.7 Å². The highest BCUT2D eigenvalue weighted by Crippen LogP contribution is 2.21. The van der Waals surface area contributed by atoms with Crippen molar-refractivity contribution < 1.29 is 9.53 Å². The Morgan fingerprint density at radius 3 is 2.73 bits per heavy atom. The van der Waals surface area contributed by atoms with Crippen LogP contribution in [0.1, 0.15) is 12.5 Å². The summed E-state index contributed by atoms with van der Waals surface area (Å²) in [6, 6.07) is 14.4. The Bertz CT molecular complexity index is 1350. The highest BCUT2D eigenvalue weighted by Gasteiger charge is 2.16. The molecule has 0 unspecified atom stereocenters. The minimum atomic E-state index is -0.252. The van der Waals surface area contributed by atoms with Crippen molar-refractivity contribution in [2.75, 3.05) is 18.2 Å². The zero-order valence-electron chi connectivity index (χ0n) is 18.1. The van der Waals surface area contributed by atoms with Crippen LogP contribution in [0.3, 0.4) is 0 Å². The van der Waals surface area contributed by atoms with Crippen molar-refractivity contribution in [3.63, 3.8) is 0 Å². The molecule has 2 heterocycles. The molecule has 0 radical (unpaired) electrons. The molecule has 0 aliphatic heterocycles. The molecule has 0 aliphatic rings. The summed E-state index contributed by atoms with van der Waals surface area (Å²) in [5.74, 6) is 0.514. The van der Waals surface area contributed by atoms with Gasteiger partial charge >= 0.3 is 0 Å². The summed E-state index contributed by atoms with van der Waals surface area (Å²) in [5, 5.41) is 8.26. The lowest BCUT2D eigenvalue weighted by Gasteiger charge is -2.12. The average molecular weight is 484 g/mol. The highest BCUT2D eigenvalue weighted by atomic mass is 35.5. The van der Waals surface area contributed by atoms with Crippen LogP contribution < -0.4 is 15.6 Å². The maximum Gasteiger partial charge on any atom is 0.282 e. The van der Waals surface area contributed by atoms with Gasteiger partial charge in [-0.15, -0.1) is 0 Å². The molecule has 0 spiro atoms. The number of anilines is 1. The molecule has 33 heavy (non-hydrogen) atoms. The third kappa shape index (κ3) is 5.37. The predicted molar refractivity (Wildman–Crippen MR) is 130 cm³/mol. The van der Waals surface area contributed by atoms with Gasteiger partial charge in [0.2, 0.25) is 5.91 Å². The summed E-state index contributed by atoms with van der Waals surface area (Å²) in [7, 11) is 1.57. The van der Waals surface area contributed by atoms with E-state index in [-0.39, 0.29) is 23.8 Å². The van der Waals surface area contributed by atoms with Gasteiger partial charge in [0.25, 0.3) is 5.56 Å². The first-order chi connectivity index (χ1) is 16.0. The minimum Gasteiger partial charge on any atom is -0.497 e. The first-order valence-electron chi connectivity index (χ1n) is 10.3. The second-order valence-electron chi connectivity index (χ2n) is 7.20. The largest absolute Gasteiger partial charge is 0.497 e. The summed E-state index contributed by atoms with van der Waals surface area (Å²) < 4.78 is 8.41. The number of thioether (sulfide) groups is 1. The van der Waals surface area contributed by atoms with Gasteiger partial charge in [0.15, 0.2) is 10.7 Å². The van der Waals surface area contributed by atoms with Crippen LogP contribution in [0.2, 0.25) is 5.02 Å². The number of hydrogen-bond donors (Lipinski definition) is 1. The Balaban J connectivity index is 1.61. The Kier molecular flexibility index (Phi) is 7.00. The van der Waals surface area contributed by atoms with E-state index in [2.05, 4.69) is 15.4 Å². The molecule has 0 bridgehead atoms. The molecule has 0 saturated heterocycles. The summed E-state index contributed by atoms with van der Waals surface area (Å²) in [4.78, 5) is 30.5. The first kappa shape index (κ1) is 22.9. The van der Waals surface area contributed by atoms with E-state index >= 15 is 0 Å². The quantitative estimate of drug-likeness (QED) is 0.300. The maximum atomic E-state index is 13.2. The molecule has 2 aromatic carbocycles. The van der Waals surface area contributed by atoms with Gasteiger partial charge in [0.1, 0.15) is 11.3 Å². The first-order valence-corrected chi connectivity index (χ1v) is 11.6. The van der Waals surface area contributed by atoms with E-state index in [0.29, 0.717) is 39.2 Å². The Labute approximate surface area is 199 Å². The van der Waals surface area contributed by atoms with Crippen LogP contribution in [0.4, 0.5) is 5.69 Å². The zero-order chi connectivity index (χ0) is 23.4. The number of carbonyl (C=O) groups is 1. The van der Waals surface area contributed by atoms with E-state index in [1.165, 1.54) is 11.8 Å². The summed E-state index contributed by atoms with van der Waals surface area (Å²) in [6.45, 7) is 2.85. The summed E-state index contributed by atoms with van der Waals surface area (Å²) >= 11 is 7.19. The average Bonchev–Trinajstić information content (AvgIpc) is 3.25. The molecule has 0 fully saturated rings. The molecular formula is C23H22ClN5O3S. The fourth-order valence-electron chi connectivity index (χ4n) is 3.24. The number of rotatable bonds is 8. The van der Waals surface area contributed by atoms with Crippen molar-refractivity contribution in [1.29, 1.82) is 0 Å². The minimum absolute atomic E-state index is 0.0810. The van der Waals surface area contributed by atoms with Crippen molar-refractivity contribution in [3.05, 3.63) is 75.7 Å². The molecule has 4 rings (SSSR count). The lowest BCUT2D eigenvalue weighted by molar-refractivity contribution is -0.113. The Morgan fingerprint density at radius 2 is 2.00 bits per heavy atom. The number of ether oxygens (including phenoxy) is 1. The molecule has 4 aromatic rings. The van der Waals surface area contributed by atoms with Gasteiger partial charge in [-0.1, -0.05) is 41.6 Å². The van der Waals surface area contributed by atoms with Crippen molar-refractivity contribution >= 4 is 46.0 Å². The third-order valence-corrected chi connectivity index (χ3v) is 6.13. The predicted octanol–water partition coefficient (Wildman–Crippen LogP) is 4.05. The van der Waals surface area contributed by atoms with E-state index in [1.54, 1.807) is 59.0 Å². The second kappa shape index (κ2) is 10.1. The maximum absolute atomic E-state index is 13.2. The summed E-state index contributed by atoms with van der Waals surface area (Å²) in [6.07, 6.45) is 1.74. The number of halogens is 1. The lowest BCUT2D eigenvalue weighted by atomic mass is 10.2. The van der Waals surface area contributed by atoms with Gasteiger partial charge in [-0.25, -0.2) is 4.98 Å². The van der Waals surface area contributed by atoms with Crippen molar-refractivity contribution in [3.8, 4) is 5.75 Å². The number of benzene rings is 2. The van der Waals surface area contributed by atoms with E-state index < -0.39 is 0 Å². The molecule has 0 aliphatic carbocycles. The molecule has 0 saturated carbocycles. The van der Waals surface area contributed by atoms with Crippen LogP contribution in [-0.4, -0.2) is 38.1 Å². The molecular weight excluding hydrogens is 462 g/mol. The normalized spacial score (nSPS) is 11.0. The van der Waals surface area contributed by atoms with Gasteiger partial charge in [0, 0.05) is 23.3 Å². The van der Waals surface area contributed by atoms with E-state index in [9.17, 15) is 9.59 Å². The molecule has 170 valence electrons. The van der Waals surface area contributed by atoms with Crippen LogP contribution >= 0.6 is 23.4 Å². The number of carbonyl (C=O) groups excluding carboxylic acids is 1. The SMILES string of the molecule is CCn1cc2nc(SCC(=O)Nc3cccc(OC)c3)n(Cc3ccc(Cl)cc3)c(=O)c2n1. The summed E-state index contributed by atoms with van der Waals surface area (Å²) in [5.41, 5.74) is 2.07. The smallest absolute Gasteiger partial charge is 0.282 e. The fourth-order valence-corrected chi connectivity index (χ4v) is 4.16. The van der Waals surface area contributed by atoms with E-state index in [1.807, 2.05) is 19.1 Å². The highest BCUT2D eigenvalue weighted by molar-refractivity contribution is 7.99. The number of hydrogen-bond acceptors (Lipinski definition) is 6. The van der Waals surface area contributed by atoms with Gasteiger partial charge in [0.05, 0.1) is 25.6 Å². The number of fused-ring (bicyclic) bond motifs is 1.